The topological polar surface area (TPSA) is 87.2 Å². The Morgan fingerprint density at radius 3 is 2.77 bits per heavy atom. The molecule has 7 heteroatoms. The van der Waals surface area contributed by atoms with Crippen LogP contribution in [0.1, 0.15) is 22.3 Å². The molecule has 1 aliphatic heterocycles. The Bertz CT molecular complexity index is 1110. The number of fused-ring (bicyclic) bond motifs is 1. The average Bonchev–Trinajstić information content (AvgIpc) is 3.22. The fraction of sp³-hybridized carbons (Fsp3) is 0.217. The van der Waals surface area contributed by atoms with E-state index in [0.29, 0.717) is 30.3 Å². The molecule has 7 nitrogen and oxygen atoms in total. The van der Waals surface area contributed by atoms with Gasteiger partial charge in [0, 0.05) is 42.0 Å². The van der Waals surface area contributed by atoms with Gasteiger partial charge in [0.1, 0.15) is 0 Å². The molecule has 0 saturated carbocycles. The summed E-state index contributed by atoms with van der Waals surface area (Å²) in [5.74, 6) is 0.261. The normalized spacial score (nSPS) is 15.8. The van der Waals surface area contributed by atoms with Gasteiger partial charge >= 0.3 is 0 Å². The summed E-state index contributed by atoms with van der Waals surface area (Å²) in [4.78, 5) is 35.0. The highest BCUT2D eigenvalue weighted by Crippen LogP contribution is 2.19. The zero-order valence-corrected chi connectivity index (χ0v) is 16.8. The Kier molecular flexibility index (Phi) is 5.43. The van der Waals surface area contributed by atoms with Crippen molar-refractivity contribution in [3.8, 4) is 0 Å². The summed E-state index contributed by atoms with van der Waals surface area (Å²) in [6.45, 7) is 6.72. The molecular formula is C23H23N5O2. The Hall–Kier alpha value is -3.74. The molecule has 1 saturated heterocycles. The van der Waals surface area contributed by atoms with Crippen LogP contribution in [0.3, 0.4) is 0 Å². The van der Waals surface area contributed by atoms with Crippen molar-refractivity contribution >= 4 is 34.4 Å². The van der Waals surface area contributed by atoms with E-state index in [1.165, 1.54) is 11.6 Å². The molecule has 0 spiro atoms. The van der Waals surface area contributed by atoms with Gasteiger partial charge in [-0.25, -0.2) is 9.97 Å². The van der Waals surface area contributed by atoms with E-state index in [9.17, 15) is 9.59 Å². The zero-order chi connectivity index (χ0) is 21.1. The summed E-state index contributed by atoms with van der Waals surface area (Å²) in [5, 5.41) is 7.03. The lowest BCUT2D eigenvalue weighted by molar-refractivity contribution is -0.111. The van der Waals surface area contributed by atoms with Crippen molar-refractivity contribution in [3.63, 3.8) is 0 Å². The first-order valence-corrected chi connectivity index (χ1v) is 9.84. The molecule has 2 heterocycles. The molecule has 0 radical (unpaired) electrons. The third-order valence-corrected chi connectivity index (χ3v) is 5.13. The molecule has 152 valence electrons. The molecular weight excluding hydrogens is 378 g/mol. The number of hydrogen-bond donors (Lipinski definition) is 2. The highest BCUT2D eigenvalue weighted by atomic mass is 16.2. The van der Waals surface area contributed by atoms with Crippen LogP contribution in [0.15, 0.2) is 61.3 Å². The van der Waals surface area contributed by atoms with Gasteiger partial charge in [0.15, 0.2) is 0 Å². The lowest BCUT2D eigenvalue weighted by Gasteiger charge is -2.17. The number of rotatable bonds is 5. The van der Waals surface area contributed by atoms with Crippen molar-refractivity contribution in [3.05, 3.63) is 72.4 Å². The van der Waals surface area contributed by atoms with Gasteiger partial charge in [-0.15, -0.1) is 0 Å². The van der Waals surface area contributed by atoms with E-state index in [-0.39, 0.29) is 17.9 Å². The Labute approximate surface area is 174 Å². The van der Waals surface area contributed by atoms with Crippen molar-refractivity contribution in [1.29, 1.82) is 0 Å². The third-order valence-electron chi connectivity index (χ3n) is 5.13. The van der Waals surface area contributed by atoms with Crippen LogP contribution >= 0.6 is 0 Å². The minimum atomic E-state index is -0.284. The molecule has 0 bridgehead atoms. The van der Waals surface area contributed by atoms with Gasteiger partial charge in [0.05, 0.1) is 5.52 Å². The van der Waals surface area contributed by atoms with E-state index in [4.69, 9.17) is 0 Å². The van der Waals surface area contributed by atoms with Gasteiger partial charge in [-0.2, -0.15) is 0 Å². The summed E-state index contributed by atoms with van der Waals surface area (Å²) >= 11 is 0. The number of benzene rings is 2. The van der Waals surface area contributed by atoms with E-state index in [0.717, 1.165) is 17.3 Å². The van der Waals surface area contributed by atoms with Crippen LogP contribution in [0.2, 0.25) is 0 Å². The number of nitrogens with one attached hydrogen (secondary N) is 2. The molecule has 1 fully saturated rings. The number of anilines is 2. The highest BCUT2D eigenvalue weighted by molar-refractivity contribution is 5.99. The van der Waals surface area contributed by atoms with Crippen LogP contribution in [-0.2, 0) is 4.79 Å². The van der Waals surface area contributed by atoms with Gasteiger partial charge < -0.3 is 15.5 Å². The molecule has 30 heavy (non-hydrogen) atoms. The zero-order valence-electron chi connectivity index (χ0n) is 16.8. The van der Waals surface area contributed by atoms with E-state index in [1.54, 1.807) is 24.3 Å². The summed E-state index contributed by atoms with van der Waals surface area (Å²) in [6, 6.07) is 13.0. The minimum Gasteiger partial charge on any atom is -0.350 e. The molecule has 2 amide bonds. The second-order valence-corrected chi connectivity index (χ2v) is 7.41. The van der Waals surface area contributed by atoms with Crippen LogP contribution in [0.5, 0.6) is 0 Å². The molecule has 2 N–H and O–H groups in total. The predicted octanol–water partition coefficient (Wildman–Crippen LogP) is 3.39. The predicted molar refractivity (Wildman–Crippen MR) is 117 cm³/mol. The van der Waals surface area contributed by atoms with Crippen LogP contribution in [0, 0.1) is 6.92 Å². The van der Waals surface area contributed by atoms with Crippen LogP contribution < -0.4 is 10.6 Å². The van der Waals surface area contributed by atoms with Crippen molar-refractivity contribution in [2.45, 2.75) is 19.4 Å². The molecule has 4 rings (SSSR count). The van der Waals surface area contributed by atoms with E-state index in [2.05, 4.69) is 33.2 Å². The highest BCUT2D eigenvalue weighted by Gasteiger charge is 2.27. The molecule has 1 unspecified atom stereocenters. The monoisotopic (exact) mass is 401 g/mol. The maximum atomic E-state index is 12.8. The lowest BCUT2D eigenvalue weighted by Crippen LogP contribution is -2.31. The van der Waals surface area contributed by atoms with Gasteiger partial charge in [-0.05, 0) is 55.8 Å². The third kappa shape index (κ3) is 4.30. The average molecular weight is 401 g/mol. The maximum Gasteiger partial charge on any atom is 0.253 e. The van der Waals surface area contributed by atoms with Crippen LogP contribution in [0.4, 0.5) is 11.6 Å². The number of nitrogens with zero attached hydrogens (tertiary/aromatic N) is 3. The van der Waals surface area contributed by atoms with E-state index < -0.39 is 0 Å². The van der Waals surface area contributed by atoms with Crippen molar-refractivity contribution in [2.24, 2.45) is 0 Å². The lowest BCUT2D eigenvalue weighted by atomic mass is 10.2. The number of aromatic nitrogens is 2. The van der Waals surface area contributed by atoms with Gasteiger partial charge in [-0.1, -0.05) is 18.2 Å². The smallest absolute Gasteiger partial charge is 0.253 e. The first-order valence-electron chi connectivity index (χ1n) is 9.84. The van der Waals surface area contributed by atoms with E-state index >= 15 is 0 Å². The molecule has 1 atom stereocenters. The molecule has 1 aliphatic rings. The summed E-state index contributed by atoms with van der Waals surface area (Å²) in [6.07, 6.45) is 3.85. The SMILES string of the molecule is C=CC(=O)Nc1ccc(C(=O)N2CCC(Nc3ncc4cc(C)ccc4n3)C2)cc1. The number of carbonyl (C=O) groups excluding carboxylic acids is 2. The Morgan fingerprint density at radius 2 is 2.00 bits per heavy atom. The summed E-state index contributed by atoms with van der Waals surface area (Å²) in [5.41, 5.74) is 3.28. The largest absolute Gasteiger partial charge is 0.350 e. The van der Waals surface area contributed by atoms with Crippen LogP contribution in [0.25, 0.3) is 10.9 Å². The van der Waals surface area contributed by atoms with Crippen molar-refractivity contribution < 1.29 is 9.59 Å². The second kappa shape index (κ2) is 8.32. The number of carbonyl (C=O) groups is 2. The molecule has 0 aliphatic carbocycles. The number of likely N-dealkylation sites (tertiary alicyclic amines) is 1. The maximum absolute atomic E-state index is 12.8. The summed E-state index contributed by atoms with van der Waals surface area (Å²) in [7, 11) is 0. The number of aryl methyl sites for hydroxylation is 1. The summed E-state index contributed by atoms with van der Waals surface area (Å²) < 4.78 is 0. The second-order valence-electron chi connectivity index (χ2n) is 7.41. The molecule has 1 aromatic heterocycles. The number of hydrogen-bond acceptors (Lipinski definition) is 5. The first-order chi connectivity index (χ1) is 14.5. The Morgan fingerprint density at radius 1 is 1.20 bits per heavy atom. The fourth-order valence-electron chi connectivity index (χ4n) is 3.54. The quantitative estimate of drug-likeness (QED) is 0.640. The fourth-order valence-corrected chi connectivity index (χ4v) is 3.54. The van der Waals surface area contributed by atoms with Crippen molar-refractivity contribution in [2.75, 3.05) is 23.7 Å². The first kappa shape index (κ1) is 19.6. The number of amides is 2. The van der Waals surface area contributed by atoms with Gasteiger partial charge in [0.2, 0.25) is 11.9 Å². The molecule has 2 aromatic carbocycles. The van der Waals surface area contributed by atoms with Gasteiger partial charge in [0.25, 0.3) is 5.91 Å². The van der Waals surface area contributed by atoms with Crippen molar-refractivity contribution in [1.82, 2.24) is 14.9 Å². The van der Waals surface area contributed by atoms with Crippen LogP contribution in [-0.4, -0.2) is 45.8 Å². The standard InChI is InChI=1S/C23H23N5O2/c1-3-21(29)25-18-7-5-16(6-8-18)22(30)28-11-10-19(14-28)26-23-24-13-17-12-15(2)4-9-20(17)27-23/h3-9,12-13,19H,1,10-11,14H2,2H3,(H,25,29)(H,24,26,27). The minimum absolute atomic E-state index is 0.0317. The molecule has 3 aromatic rings. The Balaban J connectivity index is 1.38. The van der Waals surface area contributed by atoms with Gasteiger partial charge in [-0.3, -0.25) is 9.59 Å². The van der Waals surface area contributed by atoms with E-state index in [1.807, 2.05) is 30.2 Å².